The largest absolute Gasteiger partial charge is 0.313 e. The van der Waals surface area contributed by atoms with E-state index in [1.165, 1.54) is 51.5 Å². The highest BCUT2D eigenvalue weighted by atomic mass is 14.9. The molecule has 0 heterocycles. The van der Waals surface area contributed by atoms with Gasteiger partial charge in [-0.2, -0.15) is 0 Å². The van der Waals surface area contributed by atoms with Gasteiger partial charge in [-0.25, -0.2) is 0 Å². The highest BCUT2D eigenvalue weighted by Gasteiger charge is 2.39. The predicted octanol–water partition coefficient (Wildman–Crippen LogP) is 4.21. The van der Waals surface area contributed by atoms with Crippen molar-refractivity contribution in [3.8, 4) is 0 Å². The van der Waals surface area contributed by atoms with Crippen LogP contribution in [0.5, 0.6) is 0 Å². The Hall–Kier alpha value is -0.820. The van der Waals surface area contributed by atoms with E-state index in [1.807, 2.05) is 0 Å². The molecule has 3 aliphatic rings. The summed E-state index contributed by atoms with van der Waals surface area (Å²) in [6.45, 7) is 3.73. The van der Waals surface area contributed by atoms with Crippen molar-refractivity contribution in [1.82, 2.24) is 5.32 Å². The van der Waals surface area contributed by atoms with E-state index in [1.54, 1.807) is 11.1 Å². The van der Waals surface area contributed by atoms with Crippen LogP contribution >= 0.6 is 0 Å². The molecule has 114 valence electrons. The van der Waals surface area contributed by atoms with E-state index in [0.29, 0.717) is 0 Å². The van der Waals surface area contributed by atoms with Gasteiger partial charge in [-0.3, -0.25) is 0 Å². The van der Waals surface area contributed by atoms with E-state index in [9.17, 15) is 0 Å². The zero-order valence-corrected chi connectivity index (χ0v) is 13.4. The lowest BCUT2D eigenvalue weighted by Crippen LogP contribution is -2.41. The van der Waals surface area contributed by atoms with Crippen molar-refractivity contribution in [3.05, 3.63) is 35.4 Å². The van der Waals surface area contributed by atoms with Gasteiger partial charge in [-0.1, -0.05) is 44.0 Å². The van der Waals surface area contributed by atoms with Crippen LogP contribution in [-0.4, -0.2) is 12.6 Å². The summed E-state index contributed by atoms with van der Waals surface area (Å²) in [6, 6.07) is 9.96. The number of rotatable bonds is 3. The number of benzene rings is 1. The van der Waals surface area contributed by atoms with Crippen LogP contribution in [0, 0.1) is 23.7 Å². The Balaban J connectivity index is 1.45. The molecule has 1 heteroatoms. The summed E-state index contributed by atoms with van der Waals surface area (Å²) in [5.41, 5.74) is 3.26. The van der Waals surface area contributed by atoms with Crippen LogP contribution in [0.15, 0.2) is 24.3 Å². The van der Waals surface area contributed by atoms with Gasteiger partial charge < -0.3 is 5.32 Å². The molecule has 0 amide bonds. The van der Waals surface area contributed by atoms with Gasteiger partial charge >= 0.3 is 0 Å². The summed E-state index contributed by atoms with van der Waals surface area (Å²) in [7, 11) is 0. The maximum Gasteiger partial charge on any atom is 0.0130 e. The van der Waals surface area contributed by atoms with Gasteiger partial charge in [0.2, 0.25) is 0 Å². The van der Waals surface area contributed by atoms with Crippen molar-refractivity contribution in [1.29, 1.82) is 0 Å². The van der Waals surface area contributed by atoms with Crippen LogP contribution in [0.4, 0.5) is 0 Å². The lowest BCUT2D eigenvalue weighted by molar-refractivity contribution is 0.298. The summed E-state index contributed by atoms with van der Waals surface area (Å²) in [5, 5.41) is 4.03. The molecule has 2 bridgehead atoms. The molecule has 4 rings (SSSR count). The van der Waals surface area contributed by atoms with Crippen molar-refractivity contribution in [3.63, 3.8) is 0 Å². The molecule has 0 radical (unpaired) electrons. The molecule has 0 saturated heterocycles. The fraction of sp³-hybridized carbons (Fsp3) is 0.700. The molecule has 1 aromatic carbocycles. The highest BCUT2D eigenvalue weighted by molar-refractivity contribution is 5.30. The van der Waals surface area contributed by atoms with Crippen molar-refractivity contribution in [2.75, 3.05) is 6.54 Å². The fourth-order valence-corrected chi connectivity index (χ4v) is 5.30. The third-order valence-corrected chi connectivity index (χ3v) is 6.66. The van der Waals surface area contributed by atoms with Crippen molar-refractivity contribution >= 4 is 0 Å². The molecule has 4 unspecified atom stereocenters. The topological polar surface area (TPSA) is 12.0 Å². The smallest absolute Gasteiger partial charge is 0.0130 e. The molecule has 4 atom stereocenters. The fourth-order valence-electron chi connectivity index (χ4n) is 5.30. The second-order valence-electron chi connectivity index (χ2n) is 7.88. The molecule has 2 saturated carbocycles. The minimum Gasteiger partial charge on any atom is -0.313 e. The summed E-state index contributed by atoms with van der Waals surface area (Å²) in [6.07, 6.45) is 9.87. The number of nitrogens with one attached hydrogen (secondary N) is 1. The van der Waals surface area contributed by atoms with E-state index in [4.69, 9.17) is 0 Å². The van der Waals surface area contributed by atoms with Crippen molar-refractivity contribution < 1.29 is 0 Å². The van der Waals surface area contributed by atoms with Gasteiger partial charge in [0.1, 0.15) is 0 Å². The first-order valence-corrected chi connectivity index (χ1v) is 9.11. The maximum atomic E-state index is 4.03. The Morgan fingerprint density at radius 2 is 1.62 bits per heavy atom. The molecule has 1 nitrogen and oxygen atoms in total. The van der Waals surface area contributed by atoms with Crippen LogP contribution in [0.3, 0.4) is 0 Å². The van der Waals surface area contributed by atoms with Crippen LogP contribution in [-0.2, 0) is 12.8 Å². The summed E-state index contributed by atoms with van der Waals surface area (Å²) < 4.78 is 0. The van der Waals surface area contributed by atoms with Gasteiger partial charge in [-0.05, 0) is 73.4 Å². The molecular weight excluding hydrogens is 254 g/mol. The zero-order chi connectivity index (χ0) is 14.2. The normalized spacial score (nSPS) is 38.2. The van der Waals surface area contributed by atoms with E-state index in [-0.39, 0.29) is 0 Å². The van der Waals surface area contributed by atoms with Crippen LogP contribution in [0.2, 0.25) is 0 Å². The first-order valence-electron chi connectivity index (χ1n) is 9.11. The molecule has 0 aromatic heterocycles. The minimum atomic E-state index is 0.783. The molecule has 21 heavy (non-hydrogen) atoms. The third kappa shape index (κ3) is 2.65. The van der Waals surface area contributed by atoms with Crippen molar-refractivity contribution in [2.24, 2.45) is 23.7 Å². The molecule has 2 fully saturated rings. The summed E-state index contributed by atoms with van der Waals surface area (Å²) >= 11 is 0. The second-order valence-corrected chi connectivity index (χ2v) is 7.88. The third-order valence-electron chi connectivity index (χ3n) is 6.66. The van der Waals surface area contributed by atoms with Gasteiger partial charge in [0.15, 0.2) is 0 Å². The Labute approximate surface area is 129 Å². The lowest BCUT2D eigenvalue weighted by atomic mass is 9.93. The lowest BCUT2D eigenvalue weighted by Gasteiger charge is -2.27. The van der Waals surface area contributed by atoms with E-state index < -0.39 is 0 Å². The number of fused-ring (bicyclic) bond motifs is 3. The average molecular weight is 283 g/mol. The van der Waals surface area contributed by atoms with Crippen LogP contribution in [0.1, 0.15) is 50.2 Å². The van der Waals surface area contributed by atoms with E-state index >= 15 is 0 Å². The van der Waals surface area contributed by atoms with E-state index in [2.05, 4.69) is 36.5 Å². The van der Waals surface area contributed by atoms with Gasteiger partial charge in [0.05, 0.1) is 0 Å². The number of hydrogen-bond acceptors (Lipinski definition) is 1. The average Bonchev–Trinajstić information content (AvgIpc) is 2.99. The Morgan fingerprint density at radius 1 is 0.952 bits per heavy atom. The predicted molar refractivity (Wildman–Crippen MR) is 88.4 cm³/mol. The first kappa shape index (κ1) is 13.8. The quantitative estimate of drug-likeness (QED) is 0.876. The monoisotopic (exact) mass is 283 g/mol. The van der Waals surface area contributed by atoms with Crippen LogP contribution < -0.4 is 5.32 Å². The second kappa shape index (κ2) is 5.76. The van der Waals surface area contributed by atoms with Gasteiger partial charge in [-0.15, -0.1) is 0 Å². The minimum absolute atomic E-state index is 0.783. The molecule has 3 aliphatic carbocycles. The van der Waals surface area contributed by atoms with Gasteiger partial charge in [0, 0.05) is 6.04 Å². The number of hydrogen-bond donors (Lipinski definition) is 1. The molecule has 0 aliphatic heterocycles. The van der Waals surface area contributed by atoms with Crippen LogP contribution in [0.25, 0.3) is 0 Å². The standard InChI is InChI=1S/C20H29N/c1-14-5-4-8-19(14)13-21-20-17-9-10-18(20)12-16-7-3-2-6-15(16)11-17/h2-3,6-7,14,17-21H,4-5,8-13H2,1H3. The van der Waals surface area contributed by atoms with E-state index in [0.717, 1.165) is 29.7 Å². The zero-order valence-electron chi connectivity index (χ0n) is 13.4. The molecule has 0 spiro atoms. The van der Waals surface area contributed by atoms with Gasteiger partial charge in [0.25, 0.3) is 0 Å². The highest BCUT2D eigenvalue weighted by Crippen LogP contribution is 2.40. The summed E-state index contributed by atoms with van der Waals surface area (Å²) in [5.74, 6) is 3.65. The molecule has 1 N–H and O–H groups in total. The first-order chi connectivity index (χ1) is 10.3. The summed E-state index contributed by atoms with van der Waals surface area (Å²) in [4.78, 5) is 0. The molecule has 1 aromatic rings. The maximum absolute atomic E-state index is 4.03. The Kier molecular flexibility index (Phi) is 3.79. The Bertz CT molecular complexity index is 461. The Morgan fingerprint density at radius 3 is 2.19 bits per heavy atom. The SMILES string of the molecule is CC1CCCC1CNC1C2CCC1Cc1ccccc1C2. The van der Waals surface area contributed by atoms with Crippen molar-refractivity contribution in [2.45, 2.75) is 57.9 Å². The molecular formula is C20H29N.